The zero-order chi connectivity index (χ0) is 17.0. The minimum atomic E-state index is -3.72. The van der Waals surface area contributed by atoms with Crippen molar-refractivity contribution in [2.45, 2.75) is 24.8 Å². The van der Waals surface area contributed by atoms with Crippen LogP contribution in [-0.2, 0) is 14.8 Å². The summed E-state index contributed by atoms with van der Waals surface area (Å²) < 4.78 is 32.8. The van der Waals surface area contributed by atoms with Crippen LogP contribution in [0.5, 0.6) is 5.75 Å². The molecule has 0 saturated carbocycles. The maximum absolute atomic E-state index is 12.5. The van der Waals surface area contributed by atoms with Gasteiger partial charge < -0.3 is 10.1 Å². The first-order valence-electron chi connectivity index (χ1n) is 6.85. The molecule has 124 valence electrons. The molecule has 8 heteroatoms. The van der Waals surface area contributed by atoms with Crippen LogP contribution < -0.4 is 14.8 Å². The third-order valence-corrected chi connectivity index (χ3v) is 5.69. The van der Waals surface area contributed by atoms with Gasteiger partial charge in [0.25, 0.3) is 0 Å². The number of hydrogen-bond acceptors (Lipinski definition) is 5. The molecule has 23 heavy (non-hydrogen) atoms. The van der Waals surface area contributed by atoms with E-state index in [1.165, 1.54) is 43.6 Å². The molecule has 1 amide bonds. The molecule has 0 spiro atoms. The number of nitrogens with one attached hydrogen (secondary N) is 2. The molecule has 0 aliphatic rings. The van der Waals surface area contributed by atoms with E-state index in [2.05, 4.69) is 10.0 Å². The second-order valence-electron chi connectivity index (χ2n) is 4.90. The summed E-state index contributed by atoms with van der Waals surface area (Å²) in [6, 6.07) is 7.72. The minimum Gasteiger partial charge on any atom is -0.495 e. The first kappa shape index (κ1) is 17.5. The molecule has 1 aromatic carbocycles. The predicted octanol–water partition coefficient (Wildman–Crippen LogP) is 2.75. The number of benzene rings is 1. The topological polar surface area (TPSA) is 84.5 Å². The fraction of sp³-hybridized carbons (Fsp3) is 0.267. The predicted molar refractivity (Wildman–Crippen MR) is 90.4 cm³/mol. The number of hydrogen-bond donors (Lipinski definition) is 2. The van der Waals surface area contributed by atoms with Crippen LogP contribution in [0.3, 0.4) is 0 Å². The van der Waals surface area contributed by atoms with Gasteiger partial charge >= 0.3 is 0 Å². The number of amides is 1. The fourth-order valence-corrected chi connectivity index (χ4v) is 4.10. The van der Waals surface area contributed by atoms with E-state index in [0.29, 0.717) is 11.4 Å². The lowest BCUT2D eigenvalue weighted by Gasteiger charge is -2.15. The van der Waals surface area contributed by atoms with Gasteiger partial charge in [-0.1, -0.05) is 6.07 Å². The Balaban J connectivity index is 2.30. The Morgan fingerprint density at radius 2 is 2.04 bits per heavy atom. The Hall–Kier alpha value is -1.90. The number of rotatable bonds is 6. The van der Waals surface area contributed by atoms with E-state index >= 15 is 0 Å². The maximum atomic E-state index is 12.5. The number of carbonyl (C=O) groups is 1. The Morgan fingerprint density at radius 3 is 2.61 bits per heavy atom. The monoisotopic (exact) mass is 354 g/mol. The van der Waals surface area contributed by atoms with E-state index in [-0.39, 0.29) is 16.8 Å². The highest BCUT2D eigenvalue weighted by Gasteiger charge is 2.20. The highest BCUT2D eigenvalue weighted by molar-refractivity contribution is 7.89. The van der Waals surface area contributed by atoms with Crippen LogP contribution in [0.25, 0.3) is 0 Å². The summed E-state index contributed by atoms with van der Waals surface area (Å²) >= 11 is 1.48. The Morgan fingerprint density at radius 1 is 1.30 bits per heavy atom. The average molecular weight is 354 g/mol. The molecule has 2 rings (SSSR count). The molecule has 0 aliphatic heterocycles. The van der Waals surface area contributed by atoms with E-state index in [4.69, 9.17) is 4.74 Å². The van der Waals surface area contributed by atoms with Crippen LogP contribution in [-0.4, -0.2) is 21.4 Å². The summed E-state index contributed by atoms with van der Waals surface area (Å²) in [6.45, 7) is 3.12. The molecule has 0 saturated heterocycles. The molecule has 2 aromatic rings. The summed E-state index contributed by atoms with van der Waals surface area (Å²) in [5.41, 5.74) is 0.312. The molecular weight excluding hydrogens is 336 g/mol. The molecule has 1 atom stereocenters. The number of ether oxygens (including phenoxy) is 1. The van der Waals surface area contributed by atoms with Gasteiger partial charge in [0, 0.05) is 11.8 Å². The Labute approximate surface area is 139 Å². The molecule has 0 radical (unpaired) electrons. The molecule has 1 heterocycles. The van der Waals surface area contributed by atoms with Crippen molar-refractivity contribution in [1.82, 2.24) is 4.72 Å². The summed E-state index contributed by atoms with van der Waals surface area (Å²) in [5.74, 6) is 0.0863. The largest absolute Gasteiger partial charge is 0.495 e. The molecular formula is C15H18N2O4S2. The van der Waals surface area contributed by atoms with Crippen LogP contribution in [0.15, 0.2) is 40.6 Å². The minimum absolute atomic E-state index is 0.0606. The van der Waals surface area contributed by atoms with E-state index in [1.807, 2.05) is 17.5 Å². The van der Waals surface area contributed by atoms with E-state index in [0.717, 1.165) is 4.88 Å². The van der Waals surface area contributed by atoms with Crippen LogP contribution >= 0.6 is 11.3 Å². The number of sulfonamides is 1. The summed E-state index contributed by atoms with van der Waals surface area (Å²) in [4.78, 5) is 12.2. The van der Waals surface area contributed by atoms with Gasteiger partial charge in [-0.2, -0.15) is 0 Å². The Kier molecular flexibility index (Phi) is 5.40. The normalized spacial score (nSPS) is 12.7. The van der Waals surface area contributed by atoms with Gasteiger partial charge in [0.05, 0.1) is 23.7 Å². The third-order valence-electron chi connectivity index (χ3n) is 3.09. The van der Waals surface area contributed by atoms with Crippen LogP contribution in [0.4, 0.5) is 5.69 Å². The molecule has 0 aliphatic carbocycles. The van der Waals surface area contributed by atoms with Gasteiger partial charge in [0.1, 0.15) is 5.75 Å². The van der Waals surface area contributed by atoms with E-state index in [1.54, 1.807) is 6.92 Å². The van der Waals surface area contributed by atoms with Crippen LogP contribution in [0.1, 0.15) is 24.8 Å². The van der Waals surface area contributed by atoms with E-state index in [9.17, 15) is 13.2 Å². The number of anilines is 1. The standard InChI is InChI=1S/C15H18N2O4S2/c1-10(15-5-4-8-22-15)17-23(19,20)12-6-7-14(21-3)13(9-12)16-11(2)18/h4-10,17H,1-3H3,(H,16,18). The number of thiophene rings is 1. The molecule has 6 nitrogen and oxygen atoms in total. The van der Waals surface area contributed by atoms with Gasteiger partial charge in [-0.3, -0.25) is 4.79 Å². The first-order valence-corrected chi connectivity index (χ1v) is 9.21. The number of methoxy groups -OCH3 is 1. The van der Waals surface area contributed by atoms with Gasteiger partial charge in [-0.05, 0) is 36.6 Å². The summed E-state index contributed by atoms with van der Waals surface area (Å²) in [6.07, 6.45) is 0. The quantitative estimate of drug-likeness (QED) is 0.835. The molecule has 0 fully saturated rings. The summed E-state index contributed by atoms with van der Waals surface area (Å²) in [5, 5.41) is 4.45. The van der Waals surface area contributed by atoms with Crippen molar-refractivity contribution in [3.8, 4) is 5.75 Å². The Bertz CT molecular complexity index is 786. The third kappa shape index (κ3) is 4.31. The van der Waals surface area contributed by atoms with Crippen LogP contribution in [0, 0.1) is 0 Å². The molecule has 1 aromatic heterocycles. The lowest BCUT2D eigenvalue weighted by Crippen LogP contribution is -2.26. The SMILES string of the molecule is COc1ccc(S(=O)(=O)NC(C)c2cccs2)cc1NC(C)=O. The van der Waals surface area contributed by atoms with Crippen molar-refractivity contribution in [2.75, 3.05) is 12.4 Å². The number of carbonyl (C=O) groups excluding carboxylic acids is 1. The second-order valence-corrected chi connectivity index (χ2v) is 7.59. The van der Waals surface area contributed by atoms with E-state index < -0.39 is 10.0 Å². The van der Waals surface area contributed by atoms with Crippen molar-refractivity contribution in [2.24, 2.45) is 0 Å². The molecule has 2 N–H and O–H groups in total. The van der Waals surface area contributed by atoms with Crippen molar-refractivity contribution >= 4 is 33.0 Å². The second kappa shape index (κ2) is 7.12. The van der Waals surface area contributed by atoms with Crippen LogP contribution in [0.2, 0.25) is 0 Å². The lowest BCUT2D eigenvalue weighted by atomic mass is 10.3. The van der Waals surface area contributed by atoms with Crippen molar-refractivity contribution in [3.63, 3.8) is 0 Å². The molecule has 1 unspecified atom stereocenters. The van der Waals surface area contributed by atoms with Crippen molar-refractivity contribution in [3.05, 3.63) is 40.6 Å². The summed E-state index contributed by atoms with van der Waals surface area (Å²) in [7, 11) is -2.27. The maximum Gasteiger partial charge on any atom is 0.241 e. The van der Waals surface area contributed by atoms with Crippen molar-refractivity contribution in [1.29, 1.82) is 0 Å². The van der Waals surface area contributed by atoms with Gasteiger partial charge in [-0.15, -0.1) is 11.3 Å². The van der Waals surface area contributed by atoms with Gasteiger partial charge in [0.2, 0.25) is 15.9 Å². The van der Waals surface area contributed by atoms with Gasteiger partial charge in [0.15, 0.2) is 0 Å². The fourth-order valence-electron chi connectivity index (χ4n) is 2.04. The zero-order valence-corrected chi connectivity index (χ0v) is 14.6. The average Bonchev–Trinajstić information content (AvgIpc) is 3.00. The highest BCUT2D eigenvalue weighted by atomic mass is 32.2. The van der Waals surface area contributed by atoms with Crippen molar-refractivity contribution < 1.29 is 17.9 Å². The highest BCUT2D eigenvalue weighted by Crippen LogP contribution is 2.28. The molecule has 0 bridgehead atoms. The zero-order valence-electron chi connectivity index (χ0n) is 13.0. The first-order chi connectivity index (χ1) is 10.8. The van der Waals surface area contributed by atoms with Gasteiger partial charge in [-0.25, -0.2) is 13.1 Å². The lowest BCUT2D eigenvalue weighted by molar-refractivity contribution is -0.114. The smallest absolute Gasteiger partial charge is 0.241 e.